The van der Waals surface area contributed by atoms with Gasteiger partial charge in [0, 0.05) is 33.2 Å². The zero-order chi connectivity index (χ0) is 11.8. The number of piperazine rings is 1. The van der Waals surface area contributed by atoms with Crippen molar-refractivity contribution < 1.29 is 0 Å². The average molecular weight is 230 g/mol. The van der Waals surface area contributed by atoms with Crippen LogP contribution in [0.15, 0.2) is 18.2 Å². The number of nitrogens with zero attached hydrogens (tertiary/aromatic N) is 3. The van der Waals surface area contributed by atoms with Crippen LogP contribution in [0.1, 0.15) is 5.56 Å². The van der Waals surface area contributed by atoms with E-state index in [9.17, 15) is 0 Å². The molecular weight excluding hydrogens is 212 g/mol. The number of benzene rings is 1. The Labute approximate surface area is 101 Å². The Bertz CT molecular complexity index is 538. The fraction of sp³-hybridized carbons (Fsp3) is 0.462. The highest BCUT2D eigenvalue weighted by Crippen LogP contribution is 2.22. The van der Waals surface area contributed by atoms with Gasteiger partial charge in [-0.15, -0.1) is 0 Å². The third-order valence-electron chi connectivity index (χ3n) is 3.41. The number of nitrogens with one attached hydrogen (secondary N) is 1. The Hall–Kier alpha value is -1.55. The van der Waals surface area contributed by atoms with Crippen LogP contribution in [0.3, 0.4) is 0 Å². The van der Waals surface area contributed by atoms with Gasteiger partial charge in [0.1, 0.15) is 0 Å². The molecule has 0 amide bonds. The van der Waals surface area contributed by atoms with Crippen LogP contribution in [-0.4, -0.2) is 35.7 Å². The molecule has 0 bridgehead atoms. The van der Waals surface area contributed by atoms with Crippen molar-refractivity contribution in [2.45, 2.75) is 6.92 Å². The van der Waals surface area contributed by atoms with Crippen LogP contribution in [-0.2, 0) is 7.05 Å². The first-order valence-electron chi connectivity index (χ1n) is 6.14. The van der Waals surface area contributed by atoms with E-state index in [1.54, 1.807) is 0 Å². The maximum absolute atomic E-state index is 4.74. The smallest absolute Gasteiger partial charge is 0.206 e. The molecule has 17 heavy (non-hydrogen) atoms. The number of anilines is 1. The molecule has 0 unspecified atom stereocenters. The Morgan fingerprint density at radius 3 is 2.76 bits per heavy atom. The summed E-state index contributed by atoms with van der Waals surface area (Å²) in [6.07, 6.45) is 0. The maximum Gasteiger partial charge on any atom is 0.206 e. The number of aryl methyl sites for hydroxylation is 2. The highest BCUT2D eigenvalue weighted by atomic mass is 15.3. The van der Waals surface area contributed by atoms with Gasteiger partial charge in [-0.05, 0) is 24.6 Å². The molecule has 1 fully saturated rings. The summed E-state index contributed by atoms with van der Waals surface area (Å²) in [4.78, 5) is 7.09. The summed E-state index contributed by atoms with van der Waals surface area (Å²) < 4.78 is 2.20. The van der Waals surface area contributed by atoms with Crippen LogP contribution in [0, 0.1) is 6.92 Å². The predicted octanol–water partition coefficient (Wildman–Crippen LogP) is 1.29. The SMILES string of the molecule is Cc1ccc2nc(N3CCNCC3)n(C)c2c1. The molecule has 4 heteroatoms. The van der Waals surface area contributed by atoms with E-state index in [1.165, 1.54) is 11.1 Å². The second-order valence-corrected chi connectivity index (χ2v) is 4.70. The third kappa shape index (κ3) is 1.78. The average Bonchev–Trinajstić information content (AvgIpc) is 2.68. The summed E-state index contributed by atoms with van der Waals surface area (Å²) in [7, 11) is 2.10. The lowest BCUT2D eigenvalue weighted by molar-refractivity contribution is 0.575. The van der Waals surface area contributed by atoms with Gasteiger partial charge >= 0.3 is 0 Å². The van der Waals surface area contributed by atoms with Crippen LogP contribution in [0.2, 0.25) is 0 Å². The van der Waals surface area contributed by atoms with Crippen molar-refractivity contribution in [1.82, 2.24) is 14.9 Å². The van der Waals surface area contributed by atoms with Gasteiger partial charge < -0.3 is 14.8 Å². The normalized spacial score (nSPS) is 16.7. The Kier molecular flexibility index (Phi) is 2.52. The van der Waals surface area contributed by atoms with Gasteiger partial charge in [-0.3, -0.25) is 0 Å². The molecule has 1 N–H and O–H groups in total. The van der Waals surface area contributed by atoms with E-state index in [-0.39, 0.29) is 0 Å². The standard InChI is InChI=1S/C13H18N4/c1-10-3-4-11-12(9-10)16(2)13(15-11)17-7-5-14-6-8-17/h3-4,9,14H,5-8H2,1-2H3. The van der Waals surface area contributed by atoms with Gasteiger partial charge in [0.15, 0.2) is 0 Å². The van der Waals surface area contributed by atoms with Gasteiger partial charge in [-0.25, -0.2) is 4.98 Å². The largest absolute Gasteiger partial charge is 0.340 e. The lowest BCUT2D eigenvalue weighted by atomic mass is 10.2. The van der Waals surface area contributed by atoms with Crippen molar-refractivity contribution in [3.8, 4) is 0 Å². The second kappa shape index (κ2) is 4.04. The van der Waals surface area contributed by atoms with Crippen LogP contribution in [0.5, 0.6) is 0 Å². The van der Waals surface area contributed by atoms with E-state index in [2.05, 4.69) is 47.0 Å². The van der Waals surface area contributed by atoms with E-state index in [1.807, 2.05) is 0 Å². The molecule has 1 aromatic carbocycles. The second-order valence-electron chi connectivity index (χ2n) is 4.70. The zero-order valence-corrected chi connectivity index (χ0v) is 10.4. The topological polar surface area (TPSA) is 33.1 Å². The first-order valence-corrected chi connectivity index (χ1v) is 6.14. The van der Waals surface area contributed by atoms with Gasteiger partial charge in [-0.2, -0.15) is 0 Å². The van der Waals surface area contributed by atoms with E-state index in [0.717, 1.165) is 37.6 Å². The molecule has 0 atom stereocenters. The number of aromatic nitrogens is 2. The van der Waals surface area contributed by atoms with Crippen molar-refractivity contribution >= 4 is 17.0 Å². The molecule has 1 aliphatic rings. The highest BCUT2D eigenvalue weighted by Gasteiger charge is 2.16. The van der Waals surface area contributed by atoms with E-state index in [4.69, 9.17) is 4.98 Å². The molecular formula is C13H18N4. The number of hydrogen-bond donors (Lipinski definition) is 1. The quantitative estimate of drug-likeness (QED) is 0.801. The zero-order valence-electron chi connectivity index (χ0n) is 10.4. The summed E-state index contributed by atoms with van der Waals surface area (Å²) in [5.41, 5.74) is 3.59. The summed E-state index contributed by atoms with van der Waals surface area (Å²) in [5.74, 6) is 1.09. The summed E-state index contributed by atoms with van der Waals surface area (Å²) in [6, 6.07) is 6.43. The van der Waals surface area contributed by atoms with Crippen LogP contribution in [0.25, 0.3) is 11.0 Å². The predicted molar refractivity (Wildman–Crippen MR) is 70.5 cm³/mol. The molecule has 1 aromatic heterocycles. The summed E-state index contributed by atoms with van der Waals surface area (Å²) in [5, 5.41) is 3.37. The van der Waals surface area contributed by atoms with Crippen molar-refractivity contribution in [2.24, 2.45) is 7.05 Å². The molecule has 0 radical (unpaired) electrons. The van der Waals surface area contributed by atoms with Gasteiger partial charge in [-0.1, -0.05) is 6.07 Å². The number of hydrogen-bond acceptors (Lipinski definition) is 3. The molecule has 0 saturated carbocycles. The third-order valence-corrected chi connectivity index (χ3v) is 3.41. The number of imidazole rings is 1. The Balaban J connectivity index is 2.07. The minimum absolute atomic E-state index is 1.04. The molecule has 1 saturated heterocycles. The number of fused-ring (bicyclic) bond motifs is 1. The van der Waals surface area contributed by atoms with E-state index < -0.39 is 0 Å². The van der Waals surface area contributed by atoms with Gasteiger partial charge in [0.2, 0.25) is 5.95 Å². The highest BCUT2D eigenvalue weighted by molar-refractivity contribution is 5.79. The first kappa shape index (κ1) is 10.6. The van der Waals surface area contributed by atoms with Crippen molar-refractivity contribution in [1.29, 1.82) is 0 Å². The monoisotopic (exact) mass is 230 g/mol. The van der Waals surface area contributed by atoms with Crippen molar-refractivity contribution in [3.05, 3.63) is 23.8 Å². The lowest BCUT2D eigenvalue weighted by Crippen LogP contribution is -2.44. The Morgan fingerprint density at radius 1 is 1.24 bits per heavy atom. The molecule has 3 rings (SSSR count). The minimum atomic E-state index is 1.04. The van der Waals surface area contributed by atoms with Crippen LogP contribution < -0.4 is 10.2 Å². The fourth-order valence-electron chi connectivity index (χ4n) is 2.43. The summed E-state index contributed by atoms with van der Waals surface area (Å²) in [6.45, 7) is 6.29. The number of rotatable bonds is 1. The molecule has 2 heterocycles. The first-order chi connectivity index (χ1) is 8.25. The minimum Gasteiger partial charge on any atom is -0.340 e. The van der Waals surface area contributed by atoms with Gasteiger partial charge in [0.05, 0.1) is 11.0 Å². The molecule has 1 aliphatic heterocycles. The Morgan fingerprint density at radius 2 is 2.00 bits per heavy atom. The summed E-state index contributed by atoms with van der Waals surface area (Å²) >= 11 is 0. The maximum atomic E-state index is 4.74. The lowest BCUT2D eigenvalue weighted by Gasteiger charge is -2.28. The van der Waals surface area contributed by atoms with Crippen LogP contribution >= 0.6 is 0 Å². The molecule has 2 aromatic rings. The van der Waals surface area contributed by atoms with Crippen LogP contribution in [0.4, 0.5) is 5.95 Å². The molecule has 4 nitrogen and oxygen atoms in total. The molecule has 0 aliphatic carbocycles. The molecule has 0 spiro atoms. The van der Waals surface area contributed by atoms with E-state index >= 15 is 0 Å². The fourth-order valence-corrected chi connectivity index (χ4v) is 2.43. The van der Waals surface area contributed by atoms with Crippen molar-refractivity contribution in [2.75, 3.05) is 31.1 Å². The van der Waals surface area contributed by atoms with Crippen molar-refractivity contribution in [3.63, 3.8) is 0 Å². The molecule has 90 valence electrons. The van der Waals surface area contributed by atoms with E-state index in [0.29, 0.717) is 0 Å². The van der Waals surface area contributed by atoms with Gasteiger partial charge in [0.25, 0.3) is 0 Å².